The molecular weight excluding hydrogens is 485 g/mol. The standard InChI is InChI=1S/C18H16Br2ClN3O2/c1-2-4-11-5-3-6-12(18(11)26)9-23-24-16(25)10-22-17-14(19)7-13(21)8-15(17)20/h2-3,5-9,22,26H,1,4,10H2,(H,24,25)/b23-9-. The summed E-state index contributed by atoms with van der Waals surface area (Å²) in [5.74, 6) is -0.214. The lowest BCUT2D eigenvalue weighted by atomic mass is 10.1. The molecule has 2 aromatic carbocycles. The van der Waals surface area contributed by atoms with Crippen LogP contribution in [-0.4, -0.2) is 23.8 Å². The first-order valence-corrected chi connectivity index (χ1v) is 9.50. The highest BCUT2D eigenvalue weighted by Gasteiger charge is 2.09. The number of phenols is 1. The molecule has 26 heavy (non-hydrogen) atoms. The molecule has 0 bridgehead atoms. The van der Waals surface area contributed by atoms with E-state index < -0.39 is 0 Å². The molecule has 0 saturated carbocycles. The first kappa shape index (κ1) is 20.5. The number of benzene rings is 2. The molecular formula is C18H16Br2ClN3O2. The maximum absolute atomic E-state index is 11.9. The molecule has 2 aromatic rings. The number of nitrogens with zero attached hydrogens (tertiary/aromatic N) is 1. The first-order chi connectivity index (χ1) is 12.4. The quantitative estimate of drug-likeness (QED) is 0.288. The van der Waals surface area contributed by atoms with E-state index in [1.54, 1.807) is 36.4 Å². The predicted molar refractivity (Wildman–Crippen MR) is 113 cm³/mol. The number of rotatable bonds is 7. The Hall–Kier alpha value is -1.83. The topological polar surface area (TPSA) is 73.7 Å². The maximum Gasteiger partial charge on any atom is 0.259 e. The number of carbonyl (C=O) groups excluding carboxylic acids is 1. The summed E-state index contributed by atoms with van der Waals surface area (Å²) in [5.41, 5.74) is 4.38. The molecule has 0 aliphatic carbocycles. The highest BCUT2D eigenvalue weighted by molar-refractivity contribution is 9.11. The average Bonchev–Trinajstić information content (AvgIpc) is 2.57. The first-order valence-electron chi connectivity index (χ1n) is 7.54. The van der Waals surface area contributed by atoms with Crippen LogP contribution >= 0.6 is 43.5 Å². The zero-order chi connectivity index (χ0) is 19.1. The number of hydrogen-bond donors (Lipinski definition) is 3. The predicted octanol–water partition coefficient (Wildman–Crippen LogP) is 4.86. The molecule has 2 rings (SSSR count). The maximum atomic E-state index is 11.9. The van der Waals surface area contributed by atoms with Gasteiger partial charge in [0.25, 0.3) is 5.91 Å². The Bertz CT molecular complexity index is 833. The van der Waals surface area contributed by atoms with Crippen molar-refractivity contribution in [2.24, 2.45) is 5.10 Å². The number of para-hydroxylation sites is 1. The van der Waals surface area contributed by atoms with Crippen LogP contribution in [0.25, 0.3) is 0 Å². The van der Waals surface area contributed by atoms with Crippen molar-refractivity contribution in [1.29, 1.82) is 0 Å². The minimum absolute atomic E-state index is 0.0126. The highest BCUT2D eigenvalue weighted by Crippen LogP contribution is 2.33. The lowest BCUT2D eigenvalue weighted by molar-refractivity contribution is -0.119. The number of halogens is 3. The number of aromatic hydroxyl groups is 1. The lowest BCUT2D eigenvalue weighted by Gasteiger charge is -2.10. The second kappa shape index (κ2) is 9.75. The van der Waals surface area contributed by atoms with Crippen molar-refractivity contribution in [3.63, 3.8) is 0 Å². The van der Waals surface area contributed by atoms with Crippen molar-refractivity contribution < 1.29 is 9.90 Å². The van der Waals surface area contributed by atoms with Gasteiger partial charge in [0.15, 0.2) is 0 Å². The number of nitrogens with one attached hydrogen (secondary N) is 2. The third-order valence-corrected chi connectivity index (χ3v) is 4.81. The molecule has 0 aliphatic heterocycles. The van der Waals surface area contributed by atoms with E-state index in [-0.39, 0.29) is 18.2 Å². The summed E-state index contributed by atoms with van der Waals surface area (Å²) < 4.78 is 1.47. The summed E-state index contributed by atoms with van der Waals surface area (Å²) in [7, 11) is 0. The van der Waals surface area contributed by atoms with Gasteiger partial charge in [-0.3, -0.25) is 4.79 Å². The average molecular weight is 502 g/mol. The normalized spacial score (nSPS) is 10.7. The van der Waals surface area contributed by atoms with Crippen LogP contribution in [0.15, 0.2) is 57.0 Å². The Labute approximate surface area is 173 Å². The van der Waals surface area contributed by atoms with Crippen LogP contribution in [0.5, 0.6) is 5.75 Å². The molecule has 0 saturated heterocycles. The van der Waals surface area contributed by atoms with Crippen molar-refractivity contribution >= 4 is 61.3 Å². The van der Waals surface area contributed by atoms with Gasteiger partial charge < -0.3 is 10.4 Å². The number of hydrogen-bond acceptors (Lipinski definition) is 4. The van der Waals surface area contributed by atoms with Crippen molar-refractivity contribution in [3.05, 3.63) is 68.1 Å². The van der Waals surface area contributed by atoms with E-state index in [2.05, 4.69) is 54.3 Å². The lowest BCUT2D eigenvalue weighted by Crippen LogP contribution is -2.26. The van der Waals surface area contributed by atoms with Gasteiger partial charge >= 0.3 is 0 Å². The van der Waals surface area contributed by atoms with Crippen LogP contribution in [0, 0.1) is 0 Å². The Morgan fingerprint density at radius 3 is 2.65 bits per heavy atom. The summed E-state index contributed by atoms with van der Waals surface area (Å²) in [6, 6.07) is 8.77. The van der Waals surface area contributed by atoms with Gasteiger partial charge in [-0.1, -0.05) is 29.8 Å². The summed E-state index contributed by atoms with van der Waals surface area (Å²) in [5, 5.41) is 17.6. The largest absolute Gasteiger partial charge is 0.507 e. The zero-order valence-electron chi connectivity index (χ0n) is 13.6. The van der Waals surface area contributed by atoms with Crippen LogP contribution in [0.1, 0.15) is 11.1 Å². The minimum atomic E-state index is -0.336. The molecule has 0 unspecified atom stereocenters. The van der Waals surface area contributed by atoms with E-state index in [4.69, 9.17) is 11.6 Å². The van der Waals surface area contributed by atoms with E-state index in [9.17, 15) is 9.90 Å². The fraction of sp³-hybridized carbons (Fsp3) is 0.111. The van der Waals surface area contributed by atoms with Gasteiger partial charge in [-0.2, -0.15) is 5.10 Å². The third kappa shape index (κ3) is 5.59. The summed E-state index contributed by atoms with van der Waals surface area (Å²) >= 11 is 12.7. The van der Waals surface area contributed by atoms with Gasteiger partial charge in [0.05, 0.1) is 18.4 Å². The Kier molecular flexibility index (Phi) is 7.68. The second-order valence-electron chi connectivity index (χ2n) is 5.24. The van der Waals surface area contributed by atoms with Crippen molar-refractivity contribution in [1.82, 2.24) is 5.43 Å². The van der Waals surface area contributed by atoms with Gasteiger partial charge in [0.1, 0.15) is 5.75 Å². The highest BCUT2D eigenvalue weighted by atomic mass is 79.9. The van der Waals surface area contributed by atoms with Crippen molar-refractivity contribution in [2.45, 2.75) is 6.42 Å². The Morgan fingerprint density at radius 2 is 2.00 bits per heavy atom. The fourth-order valence-electron chi connectivity index (χ4n) is 2.13. The van der Waals surface area contributed by atoms with Crippen LogP contribution in [0.4, 0.5) is 5.69 Å². The number of anilines is 1. The van der Waals surface area contributed by atoms with Gasteiger partial charge in [0, 0.05) is 19.5 Å². The molecule has 136 valence electrons. The molecule has 0 atom stereocenters. The number of carbonyl (C=O) groups is 1. The summed E-state index contributed by atoms with van der Waals surface area (Å²) in [6.07, 6.45) is 3.65. The molecule has 1 amide bonds. The molecule has 5 nitrogen and oxygen atoms in total. The van der Waals surface area contributed by atoms with Gasteiger partial charge in [0.2, 0.25) is 0 Å². The van der Waals surface area contributed by atoms with Crippen LogP contribution in [-0.2, 0) is 11.2 Å². The molecule has 0 spiro atoms. The summed E-state index contributed by atoms with van der Waals surface area (Å²) in [4.78, 5) is 11.9. The van der Waals surface area contributed by atoms with E-state index in [1.807, 2.05) is 0 Å². The third-order valence-electron chi connectivity index (χ3n) is 3.34. The molecule has 3 N–H and O–H groups in total. The number of hydrazone groups is 1. The second-order valence-corrected chi connectivity index (χ2v) is 7.38. The molecule has 0 heterocycles. The molecule has 0 radical (unpaired) electrons. The van der Waals surface area contributed by atoms with E-state index in [1.165, 1.54) is 6.21 Å². The minimum Gasteiger partial charge on any atom is -0.507 e. The molecule has 0 aromatic heterocycles. The Morgan fingerprint density at radius 1 is 1.31 bits per heavy atom. The fourth-order valence-corrected chi connectivity index (χ4v) is 4.08. The zero-order valence-corrected chi connectivity index (χ0v) is 17.5. The van der Waals surface area contributed by atoms with Crippen molar-refractivity contribution in [2.75, 3.05) is 11.9 Å². The van der Waals surface area contributed by atoms with Crippen LogP contribution in [0.3, 0.4) is 0 Å². The van der Waals surface area contributed by atoms with E-state index in [0.29, 0.717) is 22.7 Å². The smallest absolute Gasteiger partial charge is 0.259 e. The van der Waals surface area contributed by atoms with Gasteiger partial charge in [-0.15, -0.1) is 6.58 Å². The molecule has 0 fully saturated rings. The van der Waals surface area contributed by atoms with Crippen LogP contribution in [0.2, 0.25) is 5.02 Å². The Balaban J connectivity index is 1.94. The SMILES string of the molecule is C=CCc1cccc(/C=N\NC(=O)CNc2c(Br)cc(Cl)cc2Br)c1O. The number of allylic oxidation sites excluding steroid dienone is 1. The van der Waals surface area contributed by atoms with Crippen molar-refractivity contribution in [3.8, 4) is 5.75 Å². The molecule has 0 aliphatic rings. The monoisotopic (exact) mass is 499 g/mol. The molecule has 8 heteroatoms. The van der Waals surface area contributed by atoms with E-state index in [0.717, 1.165) is 14.5 Å². The van der Waals surface area contributed by atoms with Gasteiger partial charge in [-0.05, 0) is 62.0 Å². The number of amides is 1. The summed E-state index contributed by atoms with van der Waals surface area (Å²) in [6.45, 7) is 3.66. The van der Waals surface area contributed by atoms with Gasteiger partial charge in [-0.25, -0.2) is 5.43 Å². The van der Waals surface area contributed by atoms with Crippen LogP contribution < -0.4 is 10.7 Å². The van der Waals surface area contributed by atoms with E-state index >= 15 is 0 Å². The number of phenolic OH excluding ortho intramolecular Hbond substituents is 1.